The standard InChI is InChI=1S/C16H24N2O2/c1-12-5-7-17-15(10-12)18-8-3-4-14(18)13-11-20-9-6-16(13,2)19/h5,7,10,13-14,19H,3-4,6,8-9,11H2,1-2H3. The molecule has 0 spiro atoms. The van der Waals surface area contributed by atoms with Crippen molar-refractivity contribution in [1.82, 2.24) is 4.98 Å². The maximum absolute atomic E-state index is 10.7. The van der Waals surface area contributed by atoms with E-state index >= 15 is 0 Å². The van der Waals surface area contributed by atoms with E-state index in [0.29, 0.717) is 19.3 Å². The highest BCUT2D eigenvalue weighted by Crippen LogP contribution is 2.37. The molecule has 3 rings (SSSR count). The van der Waals surface area contributed by atoms with Crippen molar-refractivity contribution in [1.29, 1.82) is 0 Å². The number of pyridine rings is 1. The summed E-state index contributed by atoms with van der Waals surface area (Å²) in [4.78, 5) is 6.88. The van der Waals surface area contributed by atoms with Gasteiger partial charge in [-0.3, -0.25) is 0 Å². The Bertz CT molecular complexity index is 475. The number of aromatic nitrogens is 1. The van der Waals surface area contributed by atoms with E-state index in [1.807, 2.05) is 19.2 Å². The summed E-state index contributed by atoms with van der Waals surface area (Å²) >= 11 is 0. The molecule has 1 N–H and O–H groups in total. The number of aryl methyl sites for hydroxylation is 1. The van der Waals surface area contributed by atoms with Crippen molar-refractivity contribution in [3.63, 3.8) is 0 Å². The van der Waals surface area contributed by atoms with Crippen LogP contribution in [0.25, 0.3) is 0 Å². The fraction of sp³-hybridized carbons (Fsp3) is 0.688. The number of ether oxygens (including phenoxy) is 1. The Morgan fingerprint density at radius 1 is 1.50 bits per heavy atom. The summed E-state index contributed by atoms with van der Waals surface area (Å²) in [5.74, 6) is 1.20. The average molecular weight is 276 g/mol. The third-order valence-electron chi connectivity index (χ3n) is 4.81. The quantitative estimate of drug-likeness (QED) is 0.899. The van der Waals surface area contributed by atoms with Crippen LogP contribution < -0.4 is 4.90 Å². The maximum Gasteiger partial charge on any atom is 0.128 e. The van der Waals surface area contributed by atoms with Crippen LogP contribution in [0.2, 0.25) is 0 Å². The first-order valence-electron chi connectivity index (χ1n) is 7.57. The van der Waals surface area contributed by atoms with E-state index in [2.05, 4.69) is 22.9 Å². The van der Waals surface area contributed by atoms with Crippen LogP contribution in [0.1, 0.15) is 31.7 Å². The molecule has 4 nitrogen and oxygen atoms in total. The normalized spacial score (nSPS) is 34.5. The molecule has 0 aromatic carbocycles. The lowest BCUT2D eigenvalue weighted by Crippen LogP contribution is -2.52. The van der Waals surface area contributed by atoms with Gasteiger partial charge < -0.3 is 14.7 Å². The smallest absolute Gasteiger partial charge is 0.128 e. The maximum atomic E-state index is 10.7. The average Bonchev–Trinajstić information content (AvgIpc) is 2.87. The van der Waals surface area contributed by atoms with E-state index in [4.69, 9.17) is 4.74 Å². The molecule has 0 saturated carbocycles. The van der Waals surface area contributed by atoms with Gasteiger partial charge in [-0.05, 0) is 50.8 Å². The van der Waals surface area contributed by atoms with Gasteiger partial charge in [-0.25, -0.2) is 4.98 Å². The lowest BCUT2D eigenvalue weighted by molar-refractivity contribution is -0.108. The number of rotatable bonds is 2. The number of nitrogens with zero attached hydrogens (tertiary/aromatic N) is 2. The van der Waals surface area contributed by atoms with Crippen LogP contribution in [0.3, 0.4) is 0 Å². The first kappa shape index (κ1) is 13.8. The third-order valence-corrected chi connectivity index (χ3v) is 4.81. The van der Waals surface area contributed by atoms with Gasteiger partial charge in [0.25, 0.3) is 0 Å². The van der Waals surface area contributed by atoms with Gasteiger partial charge in [0.05, 0.1) is 12.2 Å². The van der Waals surface area contributed by atoms with E-state index in [-0.39, 0.29) is 5.92 Å². The molecule has 0 bridgehead atoms. The molecular formula is C16H24N2O2. The van der Waals surface area contributed by atoms with Crippen molar-refractivity contribution < 1.29 is 9.84 Å². The van der Waals surface area contributed by atoms with Gasteiger partial charge in [0.2, 0.25) is 0 Å². The predicted octanol–water partition coefficient (Wildman–Crippen LogP) is 2.15. The van der Waals surface area contributed by atoms with Crippen molar-refractivity contribution in [2.45, 2.75) is 44.8 Å². The van der Waals surface area contributed by atoms with Crippen LogP contribution in [0.5, 0.6) is 0 Å². The molecule has 2 saturated heterocycles. The highest BCUT2D eigenvalue weighted by molar-refractivity contribution is 5.43. The van der Waals surface area contributed by atoms with Crippen molar-refractivity contribution >= 4 is 5.82 Å². The van der Waals surface area contributed by atoms with E-state index in [9.17, 15) is 5.11 Å². The fourth-order valence-corrected chi connectivity index (χ4v) is 3.55. The van der Waals surface area contributed by atoms with E-state index in [1.165, 1.54) is 5.56 Å². The van der Waals surface area contributed by atoms with E-state index in [0.717, 1.165) is 31.6 Å². The second-order valence-electron chi connectivity index (χ2n) is 6.38. The Balaban J connectivity index is 1.85. The summed E-state index contributed by atoms with van der Waals surface area (Å²) in [7, 11) is 0. The molecular weight excluding hydrogens is 252 g/mol. The van der Waals surface area contributed by atoms with E-state index < -0.39 is 5.60 Å². The Kier molecular flexibility index (Phi) is 3.69. The molecule has 1 aromatic rings. The molecule has 110 valence electrons. The molecule has 20 heavy (non-hydrogen) atoms. The molecule has 0 amide bonds. The zero-order valence-corrected chi connectivity index (χ0v) is 12.4. The molecule has 2 fully saturated rings. The summed E-state index contributed by atoms with van der Waals surface area (Å²) < 4.78 is 5.63. The summed E-state index contributed by atoms with van der Waals surface area (Å²) in [6.45, 7) is 6.39. The van der Waals surface area contributed by atoms with Crippen molar-refractivity contribution in [2.75, 3.05) is 24.7 Å². The Hall–Kier alpha value is -1.13. The van der Waals surface area contributed by atoms with Crippen molar-refractivity contribution in [3.05, 3.63) is 23.9 Å². The molecule has 1 aromatic heterocycles. The van der Waals surface area contributed by atoms with E-state index in [1.54, 1.807) is 0 Å². The summed E-state index contributed by atoms with van der Waals surface area (Å²) in [5.41, 5.74) is 0.599. The minimum atomic E-state index is -0.630. The molecule has 3 unspecified atom stereocenters. The molecule has 4 heteroatoms. The lowest BCUT2D eigenvalue weighted by Gasteiger charge is -2.43. The van der Waals surface area contributed by atoms with Gasteiger partial charge in [-0.2, -0.15) is 0 Å². The van der Waals surface area contributed by atoms with Crippen LogP contribution in [-0.2, 0) is 4.74 Å². The van der Waals surface area contributed by atoms with Crippen molar-refractivity contribution in [3.8, 4) is 0 Å². The molecule has 2 aliphatic heterocycles. The molecule has 3 heterocycles. The summed E-state index contributed by atoms with van der Waals surface area (Å²) in [6.07, 6.45) is 4.87. The van der Waals surface area contributed by atoms with Crippen LogP contribution in [0, 0.1) is 12.8 Å². The number of hydrogen-bond acceptors (Lipinski definition) is 4. The zero-order chi connectivity index (χ0) is 14.2. The zero-order valence-electron chi connectivity index (χ0n) is 12.4. The Morgan fingerprint density at radius 3 is 3.10 bits per heavy atom. The topological polar surface area (TPSA) is 45.6 Å². The Labute approximate surface area is 120 Å². The first-order valence-corrected chi connectivity index (χ1v) is 7.57. The van der Waals surface area contributed by atoms with Crippen LogP contribution in [0.15, 0.2) is 18.3 Å². The monoisotopic (exact) mass is 276 g/mol. The molecule has 3 atom stereocenters. The van der Waals surface area contributed by atoms with Gasteiger partial charge in [-0.1, -0.05) is 0 Å². The second kappa shape index (κ2) is 5.34. The highest BCUT2D eigenvalue weighted by Gasteiger charge is 2.44. The lowest BCUT2D eigenvalue weighted by atomic mass is 9.79. The summed E-state index contributed by atoms with van der Waals surface area (Å²) in [5, 5.41) is 10.7. The minimum Gasteiger partial charge on any atom is -0.390 e. The second-order valence-corrected chi connectivity index (χ2v) is 6.38. The predicted molar refractivity (Wildman–Crippen MR) is 78.9 cm³/mol. The first-order chi connectivity index (χ1) is 9.58. The number of hydrogen-bond donors (Lipinski definition) is 1. The third kappa shape index (κ3) is 2.54. The Morgan fingerprint density at radius 2 is 2.35 bits per heavy atom. The molecule has 0 radical (unpaired) electrons. The van der Waals surface area contributed by atoms with Gasteiger partial charge in [0.15, 0.2) is 0 Å². The van der Waals surface area contributed by atoms with Crippen molar-refractivity contribution in [2.24, 2.45) is 5.92 Å². The summed E-state index contributed by atoms with van der Waals surface area (Å²) in [6, 6.07) is 4.49. The minimum absolute atomic E-state index is 0.168. The van der Waals surface area contributed by atoms with Gasteiger partial charge in [0.1, 0.15) is 5.82 Å². The van der Waals surface area contributed by atoms with Crippen LogP contribution >= 0.6 is 0 Å². The molecule has 0 aliphatic carbocycles. The van der Waals surface area contributed by atoms with Gasteiger partial charge in [0, 0.05) is 31.3 Å². The largest absolute Gasteiger partial charge is 0.390 e. The fourth-order valence-electron chi connectivity index (χ4n) is 3.55. The number of anilines is 1. The van der Waals surface area contributed by atoms with Gasteiger partial charge >= 0.3 is 0 Å². The number of aliphatic hydroxyl groups is 1. The highest BCUT2D eigenvalue weighted by atomic mass is 16.5. The van der Waals surface area contributed by atoms with Gasteiger partial charge in [-0.15, -0.1) is 0 Å². The van der Waals surface area contributed by atoms with Crippen LogP contribution in [-0.4, -0.2) is 41.5 Å². The van der Waals surface area contributed by atoms with Crippen LogP contribution in [0.4, 0.5) is 5.82 Å². The SMILES string of the molecule is Cc1ccnc(N2CCCC2C2COCCC2(C)O)c1. The molecule has 2 aliphatic rings.